The van der Waals surface area contributed by atoms with Gasteiger partial charge in [-0.25, -0.2) is 4.98 Å². The van der Waals surface area contributed by atoms with Crippen LogP contribution in [0, 0.1) is 0 Å². The van der Waals surface area contributed by atoms with Crippen molar-refractivity contribution >= 4 is 5.69 Å². The van der Waals surface area contributed by atoms with Gasteiger partial charge < -0.3 is 14.6 Å². The summed E-state index contributed by atoms with van der Waals surface area (Å²) in [5, 5.41) is 3.08. The third-order valence-electron chi connectivity index (χ3n) is 2.70. The average Bonchev–Trinajstić information content (AvgIpc) is 2.73. The van der Waals surface area contributed by atoms with Gasteiger partial charge >= 0.3 is 6.36 Å². The molecule has 2 aromatic rings. The van der Waals surface area contributed by atoms with Crippen molar-refractivity contribution in [3.8, 4) is 5.75 Å². The first-order valence-corrected chi connectivity index (χ1v) is 5.95. The number of hydrogen-bond acceptors (Lipinski definition) is 3. The molecule has 0 aliphatic rings. The van der Waals surface area contributed by atoms with Gasteiger partial charge in [-0.05, 0) is 19.1 Å². The highest BCUT2D eigenvalue weighted by Crippen LogP contribution is 2.26. The Morgan fingerprint density at radius 2 is 2.10 bits per heavy atom. The van der Waals surface area contributed by atoms with Crippen LogP contribution < -0.4 is 10.1 Å². The summed E-state index contributed by atoms with van der Waals surface area (Å²) >= 11 is 0. The van der Waals surface area contributed by atoms with E-state index in [9.17, 15) is 13.2 Å². The second-order valence-corrected chi connectivity index (χ2v) is 4.34. The van der Waals surface area contributed by atoms with E-state index in [1.54, 1.807) is 18.5 Å². The van der Waals surface area contributed by atoms with Crippen LogP contribution in [0.5, 0.6) is 5.75 Å². The van der Waals surface area contributed by atoms with Crippen molar-refractivity contribution in [1.29, 1.82) is 0 Å². The minimum atomic E-state index is -4.69. The summed E-state index contributed by atoms with van der Waals surface area (Å²) < 4.78 is 42.2. The lowest BCUT2D eigenvalue weighted by molar-refractivity contribution is -0.274. The Morgan fingerprint density at radius 3 is 2.70 bits per heavy atom. The molecule has 1 aromatic carbocycles. The van der Waals surface area contributed by atoms with E-state index in [1.807, 2.05) is 18.5 Å². The van der Waals surface area contributed by atoms with Crippen LogP contribution in [0.2, 0.25) is 0 Å². The van der Waals surface area contributed by atoms with E-state index in [0.29, 0.717) is 5.69 Å². The maximum absolute atomic E-state index is 12.2. The van der Waals surface area contributed by atoms with Gasteiger partial charge in [-0.1, -0.05) is 6.07 Å². The van der Waals surface area contributed by atoms with E-state index in [1.165, 1.54) is 18.2 Å². The van der Waals surface area contributed by atoms with Crippen molar-refractivity contribution in [2.45, 2.75) is 19.3 Å². The molecule has 0 aliphatic heterocycles. The third-order valence-corrected chi connectivity index (χ3v) is 2.70. The molecule has 0 aliphatic carbocycles. The summed E-state index contributed by atoms with van der Waals surface area (Å²) in [7, 11) is 1.85. The van der Waals surface area contributed by atoms with Gasteiger partial charge in [0, 0.05) is 31.2 Å². The summed E-state index contributed by atoms with van der Waals surface area (Å²) in [6.07, 6.45) is -1.22. The second-order valence-electron chi connectivity index (χ2n) is 4.34. The molecule has 0 radical (unpaired) electrons. The predicted octanol–water partition coefficient (Wildman–Crippen LogP) is 3.49. The number of rotatable bonds is 4. The van der Waals surface area contributed by atoms with Crippen LogP contribution in [0.4, 0.5) is 18.9 Å². The lowest BCUT2D eigenvalue weighted by atomic mass is 10.2. The summed E-state index contributed by atoms with van der Waals surface area (Å²) in [4.78, 5) is 4.18. The van der Waals surface area contributed by atoms with Crippen molar-refractivity contribution in [2.24, 2.45) is 7.05 Å². The molecule has 1 unspecified atom stereocenters. The van der Waals surface area contributed by atoms with Gasteiger partial charge in [0.2, 0.25) is 0 Å². The summed E-state index contributed by atoms with van der Waals surface area (Å²) in [5.74, 6) is 0.529. The van der Waals surface area contributed by atoms with Gasteiger partial charge in [-0.2, -0.15) is 0 Å². The minimum absolute atomic E-state index is 0.142. The van der Waals surface area contributed by atoms with E-state index in [2.05, 4.69) is 15.0 Å². The van der Waals surface area contributed by atoms with E-state index in [4.69, 9.17) is 0 Å². The van der Waals surface area contributed by atoms with Gasteiger partial charge in [0.15, 0.2) is 0 Å². The van der Waals surface area contributed by atoms with Crippen molar-refractivity contribution in [2.75, 3.05) is 5.32 Å². The molecule has 1 N–H and O–H groups in total. The Balaban J connectivity index is 2.10. The first-order chi connectivity index (χ1) is 9.35. The molecule has 0 saturated carbocycles. The summed E-state index contributed by atoms with van der Waals surface area (Å²) in [6, 6.07) is 5.57. The Hall–Kier alpha value is -2.18. The average molecular weight is 285 g/mol. The number of aromatic nitrogens is 2. The summed E-state index contributed by atoms with van der Waals surface area (Å²) in [5.41, 5.74) is 0.530. The Morgan fingerprint density at radius 1 is 1.35 bits per heavy atom. The number of alkyl halides is 3. The topological polar surface area (TPSA) is 39.1 Å². The Kier molecular flexibility index (Phi) is 3.87. The first kappa shape index (κ1) is 14.2. The fourth-order valence-electron chi connectivity index (χ4n) is 1.89. The molecule has 1 aromatic heterocycles. The normalized spacial score (nSPS) is 13.1. The van der Waals surface area contributed by atoms with Crippen LogP contribution in [0.3, 0.4) is 0 Å². The van der Waals surface area contributed by atoms with Crippen LogP contribution in [-0.4, -0.2) is 15.9 Å². The molecule has 0 bridgehead atoms. The number of nitrogens with zero attached hydrogens (tertiary/aromatic N) is 2. The molecule has 1 heterocycles. The minimum Gasteiger partial charge on any atom is -0.406 e. The molecular formula is C13H14F3N3O. The first-order valence-electron chi connectivity index (χ1n) is 5.95. The molecule has 2 rings (SSSR count). The number of ether oxygens (including phenoxy) is 1. The van der Waals surface area contributed by atoms with Crippen LogP contribution in [0.15, 0.2) is 36.7 Å². The zero-order chi connectivity index (χ0) is 14.8. The number of nitrogens with one attached hydrogen (secondary N) is 1. The zero-order valence-electron chi connectivity index (χ0n) is 11.0. The van der Waals surface area contributed by atoms with Crippen LogP contribution in [0.1, 0.15) is 18.8 Å². The lowest BCUT2D eigenvalue weighted by Gasteiger charge is -2.16. The van der Waals surface area contributed by atoms with Crippen LogP contribution >= 0.6 is 0 Å². The SMILES string of the molecule is CC(Nc1cccc(OC(F)(F)F)c1)c1nccn1C. The van der Waals surface area contributed by atoms with Crippen molar-refractivity contribution in [1.82, 2.24) is 9.55 Å². The van der Waals surface area contributed by atoms with E-state index >= 15 is 0 Å². The maximum atomic E-state index is 12.2. The van der Waals surface area contributed by atoms with E-state index in [0.717, 1.165) is 5.82 Å². The van der Waals surface area contributed by atoms with Crippen LogP contribution in [0.25, 0.3) is 0 Å². The van der Waals surface area contributed by atoms with Gasteiger partial charge in [-0.15, -0.1) is 13.2 Å². The lowest BCUT2D eigenvalue weighted by Crippen LogP contribution is -2.17. The van der Waals surface area contributed by atoms with E-state index in [-0.39, 0.29) is 11.8 Å². The second kappa shape index (κ2) is 5.44. The fraction of sp³-hybridized carbons (Fsp3) is 0.308. The fourth-order valence-corrected chi connectivity index (χ4v) is 1.89. The van der Waals surface area contributed by atoms with Crippen molar-refractivity contribution in [3.05, 3.63) is 42.5 Å². The molecule has 1 atom stereocenters. The molecule has 4 nitrogen and oxygen atoms in total. The molecular weight excluding hydrogens is 271 g/mol. The molecule has 20 heavy (non-hydrogen) atoms. The number of halogens is 3. The highest BCUT2D eigenvalue weighted by atomic mass is 19.4. The maximum Gasteiger partial charge on any atom is 0.573 e. The number of hydrogen-bond donors (Lipinski definition) is 1. The molecule has 0 fully saturated rings. The molecule has 0 amide bonds. The number of imidazole rings is 1. The van der Waals surface area contributed by atoms with Gasteiger partial charge in [0.25, 0.3) is 0 Å². The molecule has 0 spiro atoms. The molecule has 108 valence electrons. The van der Waals surface area contributed by atoms with Gasteiger partial charge in [-0.3, -0.25) is 0 Å². The summed E-state index contributed by atoms with van der Waals surface area (Å²) in [6.45, 7) is 1.87. The highest BCUT2D eigenvalue weighted by Gasteiger charge is 2.31. The number of benzene rings is 1. The van der Waals surface area contributed by atoms with E-state index < -0.39 is 6.36 Å². The largest absolute Gasteiger partial charge is 0.573 e. The monoisotopic (exact) mass is 285 g/mol. The Labute approximate surface area is 114 Å². The highest BCUT2D eigenvalue weighted by molar-refractivity contribution is 5.49. The van der Waals surface area contributed by atoms with Crippen LogP contribution in [-0.2, 0) is 7.05 Å². The zero-order valence-corrected chi connectivity index (χ0v) is 11.0. The number of aryl methyl sites for hydroxylation is 1. The predicted molar refractivity (Wildman–Crippen MR) is 68.4 cm³/mol. The Bertz CT molecular complexity index is 580. The quantitative estimate of drug-likeness (QED) is 0.934. The van der Waals surface area contributed by atoms with Gasteiger partial charge in [0.1, 0.15) is 11.6 Å². The van der Waals surface area contributed by atoms with Crippen molar-refractivity contribution in [3.63, 3.8) is 0 Å². The smallest absolute Gasteiger partial charge is 0.406 e. The number of anilines is 1. The molecule has 7 heteroatoms. The molecule has 0 saturated heterocycles. The van der Waals surface area contributed by atoms with Crippen molar-refractivity contribution < 1.29 is 17.9 Å². The van der Waals surface area contributed by atoms with Gasteiger partial charge in [0.05, 0.1) is 6.04 Å². The standard InChI is InChI=1S/C13H14F3N3O/c1-9(12-17-6-7-19(12)2)18-10-4-3-5-11(8-10)20-13(14,15)16/h3-9,18H,1-2H3. The third kappa shape index (κ3) is 3.66.